The van der Waals surface area contributed by atoms with Gasteiger partial charge in [0.2, 0.25) is 0 Å². The first-order chi connectivity index (χ1) is 11.4. The zero-order valence-electron chi connectivity index (χ0n) is 14.4. The van der Waals surface area contributed by atoms with Crippen LogP contribution in [0, 0.1) is 12.7 Å². The molecule has 1 unspecified atom stereocenters. The van der Waals surface area contributed by atoms with Gasteiger partial charge in [-0.05, 0) is 45.3 Å². The lowest BCUT2D eigenvalue weighted by Gasteiger charge is -2.24. The summed E-state index contributed by atoms with van der Waals surface area (Å²) in [6, 6.07) is 6.80. The predicted octanol–water partition coefficient (Wildman–Crippen LogP) is 3.13. The van der Waals surface area contributed by atoms with Gasteiger partial charge in [0.15, 0.2) is 0 Å². The number of aromatic nitrogens is 3. The molecule has 6 heteroatoms. The molecule has 0 amide bonds. The van der Waals surface area contributed by atoms with Gasteiger partial charge in [0.05, 0.1) is 17.8 Å². The maximum Gasteiger partial charge on any atom is 0.124 e. The fourth-order valence-electron chi connectivity index (χ4n) is 2.89. The van der Waals surface area contributed by atoms with E-state index in [-0.39, 0.29) is 11.9 Å². The third-order valence-electron chi connectivity index (χ3n) is 4.12. The Morgan fingerprint density at radius 1 is 1.29 bits per heavy atom. The maximum atomic E-state index is 13.6. The molecule has 3 rings (SSSR count). The van der Waals surface area contributed by atoms with E-state index in [2.05, 4.69) is 20.3 Å². The molecule has 0 radical (unpaired) electrons. The van der Waals surface area contributed by atoms with Gasteiger partial charge in [0.25, 0.3) is 0 Å². The Hall–Kier alpha value is -2.47. The normalized spacial score (nSPS) is 12.8. The van der Waals surface area contributed by atoms with Crippen molar-refractivity contribution in [2.24, 2.45) is 7.05 Å². The van der Waals surface area contributed by atoms with E-state index in [1.54, 1.807) is 10.7 Å². The molecule has 126 valence electrons. The van der Waals surface area contributed by atoms with Crippen molar-refractivity contribution >= 4 is 16.6 Å². The van der Waals surface area contributed by atoms with Crippen molar-refractivity contribution in [3.8, 4) is 0 Å². The van der Waals surface area contributed by atoms with Gasteiger partial charge in [0.1, 0.15) is 5.82 Å². The minimum absolute atomic E-state index is 0.163. The van der Waals surface area contributed by atoms with Crippen LogP contribution in [0.4, 0.5) is 10.1 Å². The number of fused-ring (bicyclic) bond motifs is 1. The number of aryl methyl sites for hydroxylation is 2. The number of pyridine rings is 1. The van der Waals surface area contributed by atoms with Crippen LogP contribution in [0.25, 0.3) is 10.9 Å². The summed E-state index contributed by atoms with van der Waals surface area (Å²) in [4.78, 5) is 6.61. The average molecular weight is 327 g/mol. The van der Waals surface area contributed by atoms with Crippen molar-refractivity contribution in [2.75, 3.05) is 26.0 Å². The van der Waals surface area contributed by atoms with Gasteiger partial charge in [-0.1, -0.05) is 0 Å². The number of rotatable bonds is 5. The molecule has 5 nitrogen and oxygen atoms in total. The van der Waals surface area contributed by atoms with Gasteiger partial charge < -0.3 is 10.2 Å². The largest absolute Gasteiger partial charge is 0.383 e. The van der Waals surface area contributed by atoms with Crippen LogP contribution >= 0.6 is 0 Å². The lowest BCUT2D eigenvalue weighted by atomic mass is 10.1. The van der Waals surface area contributed by atoms with Crippen LogP contribution in [0.15, 0.2) is 36.7 Å². The summed E-state index contributed by atoms with van der Waals surface area (Å²) in [5.74, 6) is -0.257. The number of anilines is 1. The molecule has 24 heavy (non-hydrogen) atoms. The van der Waals surface area contributed by atoms with E-state index < -0.39 is 0 Å². The van der Waals surface area contributed by atoms with Gasteiger partial charge in [0, 0.05) is 42.1 Å². The number of likely N-dealkylation sites (N-methyl/N-ethyl adjacent to an activating group) is 1. The smallest absolute Gasteiger partial charge is 0.124 e. The number of benzene rings is 1. The zero-order valence-corrected chi connectivity index (χ0v) is 14.4. The first-order valence-electron chi connectivity index (χ1n) is 7.90. The minimum Gasteiger partial charge on any atom is -0.383 e. The van der Waals surface area contributed by atoms with Crippen LogP contribution in [-0.2, 0) is 7.05 Å². The molecule has 0 aliphatic carbocycles. The van der Waals surface area contributed by atoms with Crippen molar-refractivity contribution < 1.29 is 4.39 Å². The highest BCUT2D eigenvalue weighted by Crippen LogP contribution is 2.26. The molecular formula is C18H22FN5. The van der Waals surface area contributed by atoms with Crippen LogP contribution in [0.2, 0.25) is 0 Å². The number of halogens is 1. The lowest BCUT2D eigenvalue weighted by molar-refractivity contribution is 0.312. The fourth-order valence-corrected chi connectivity index (χ4v) is 2.89. The molecule has 0 aliphatic heterocycles. The molecule has 1 N–H and O–H groups in total. The van der Waals surface area contributed by atoms with E-state index in [4.69, 9.17) is 0 Å². The third-order valence-corrected chi connectivity index (χ3v) is 4.12. The number of nitrogens with one attached hydrogen (secondary N) is 1. The van der Waals surface area contributed by atoms with E-state index in [9.17, 15) is 4.39 Å². The highest BCUT2D eigenvalue weighted by Gasteiger charge is 2.16. The fraction of sp³-hybridized carbons (Fsp3) is 0.333. The van der Waals surface area contributed by atoms with E-state index in [0.29, 0.717) is 6.54 Å². The van der Waals surface area contributed by atoms with Crippen LogP contribution in [-0.4, -0.2) is 40.3 Å². The van der Waals surface area contributed by atoms with Gasteiger partial charge >= 0.3 is 0 Å². The summed E-state index contributed by atoms with van der Waals surface area (Å²) < 4.78 is 15.4. The van der Waals surface area contributed by atoms with Crippen molar-refractivity contribution in [3.63, 3.8) is 0 Å². The van der Waals surface area contributed by atoms with Crippen LogP contribution in [0.5, 0.6) is 0 Å². The second-order valence-electron chi connectivity index (χ2n) is 6.28. The number of hydrogen-bond acceptors (Lipinski definition) is 4. The van der Waals surface area contributed by atoms with Crippen LogP contribution < -0.4 is 5.32 Å². The maximum absolute atomic E-state index is 13.6. The summed E-state index contributed by atoms with van der Waals surface area (Å²) >= 11 is 0. The molecule has 3 aromatic rings. The predicted molar refractivity (Wildman–Crippen MR) is 94.6 cm³/mol. The molecule has 0 aliphatic rings. The minimum atomic E-state index is -0.257. The third kappa shape index (κ3) is 3.38. The molecule has 0 saturated carbocycles. The molecule has 1 atom stereocenters. The van der Waals surface area contributed by atoms with Crippen molar-refractivity contribution in [1.29, 1.82) is 0 Å². The Bertz CT molecular complexity index is 856. The lowest BCUT2D eigenvalue weighted by Crippen LogP contribution is -2.26. The summed E-state index contributed by atoms with van der Waals surface area (Å²) in [5.41, 5.74) is 3.73. The second-order valence-corrected chi connectivity index (χ2v) is 6.28. The van der Waals surface area contributed by atoms with Gasteiger partial charge in [-0.2, -0.15) is 5.10 Å². The Labute approximate surface area is 141 Å². The molecule has 0 fully saturated rings. The monoisotopic (exact) mass is 327 g/mol. The highest BCUT2D eigenvalue weighted by molar-refractivity contribution is 5.91. The van der Waals surface area contributed by atoms with Crippen molar-refractivity contribution in [1.82, 2.24) is 19.7 Å². The quantitative estimate of drug-likeness (QED) is 0.782. The molecule has 2 aromatic heterocycles. The summed E-state index contributed by atoms with van der Waals surface area (Å²) in [5, 5.41) is 8.51. The van der Waals surface area contributed by atoms with Gasteiger partial charge in [-0.25, -0.2) is 4.39 Å². The molecule has 0 spiro atoms. The number of hydrogen-bond donors (Lipinski definition) is 1. The summed E-state index contributed by atoms with van der Waals surface area (Å²) in [6.07, 6.45) is 3.89. The first kappa shape index (κ1) is 16.4. The summed E-state index contributed by atoms with van der Waals surface area (Å²) in [6.45, 7) is 2.63. The van der Waals surface area contributed by atoms with Crippen LogP contribution in [0.3, 0.4) is 0 Å². The number of nitrogens with zero attached hydrogens (tertiary/aromatic N) is 4. The van der Waals surface area contributed by atoms with E-state index in [1.807, 2.05) is 46.5 Å². The van der Waals surface area contributed by atoms with E-state index in [0.717, 1.165) is 27.8 Å². The standard InChI is InChI=1S/C18H22FN5/c1-12-7-17(15-8-14(19)5-6-16(15)22-12)20-10-18(23(2)3)13-9-21-24(4)11-13/h5-9,11,18H,10H2,1-4H3,(H,20,22). The Balaban J connectivity index is 1.90. The van der Waals surface area contributed by atoms with E-state index in [1.165, 1.54) is 12.1 Å². The van der Waals surface area contributed by atoms with Crippen molar-refractivity contribution in [2.45, 2.75) is 13.0 Å². The molecule has 1 aromatic carbocycles. The first-order valence-corrected chi connectivity index (χ1v) is 7.90. The Kier molecular flexibility index (Phi) is 4.49. The molecule has 0 bridgehead atoms. The molecular weight excluding hydrogens is 305 g/mol. The van der Waals surface area contributed by atoms with Gasteiger partial charge in [-0.3, -0.25) is 9.67 Å². The molecule has 2 heterocycles. The van der Waals surface area contributed by atoms with Crippen LogP contribution in [0.1, 0.15) is 17.3 Å². The van der Waals surface area contributed by atoms with Crippen molar-refractivity contribution in [3.05, 3.63) is 53.7 Å². The molecule has 0 saturated heterocycles. The summed E-state index contributed by atoms with van der Waals surface area (Å²) in [7, 11) is 5.98. The Morgan fingerprint density at radius 2 is 2.08 bits per heavy atom. The average Bonchev–Trinajstić information content (AvgIpc) is 2.94. The van der Waals surface area contributed by atoms with E-state index >= 15 is 0 Å². The highest BCUT2D eigenvalue weighted by atomic mass is 19.1. The zero-order chi connectivity index (χ0) is 17.3. The SMILES string of the molecule is Cc1cc(NCC(c2cnn(C)c2)N(C)C)c2cc(F)ccc2n1. The second kappa shape index (κ2) is 6.57. The van der Waals surface area contributed by atoms with Gasteiger partial charge in [-0.15, -0.1) is 0 Å². The topological polar surface area (TPSA) is 46.0 Å². The Morgan fingerprint density at radius 3 is 2.75 bits per heavy atom.